The van der Waals surface area contributed by atoms with Crippen molar-refractivity contribution < 1.29 is 13.9 Å². The van der Waals surface area contributed by atoms with Crippen molar-refractivity contribution in [3.63, 3.8) is 0 Å². The van der Waals surface area contributed by atoms with E-state index < -0.39 is 0 Å². The predicted octanol–water partition coefficient (Wildman–Crippen LogP) is 3.35. The molecule has 188 valence electrons. The van der Waals surface area contributed by atoms with E-state index in [-0.39, 0.29) is 18.6 Å². The van der Waals surface area contributed by atoms with Crippen LogP contribution in [-0.2, 0) is 17.8 Å². The number of ether oxygens (including phenoxy) is 1. The van der Waals surface area contributed by atoms with Crippen LogP contribution in [0.3, 0.4) is 0 Å². The second-order valence-corrected chi connectivity index (χ2v) is 9.41. The third kappa shape index (κ3) is 5.55. The molecule has 1 saturated heterocycles. The lowest BCUT2D eigenvalue weighted by Gasteiger charge is -2.25. The molecule has 0 saturated carbocycles. The molecule has 9 heteroatoms. The molecule has 4 heterocycles. The van der Waals surface area contributed by atoms with E-state index in [1.165, 1.54) is 25.9 Å². The van der Waals surface area contributed by atoms with Gasteiger partial charge in [-0.1, -0.05) is 0 Å². The SMILES string of the molecule is CC1=C(c2cc3c(o2)CCN(C(=O)CC#N)C3)NC(Nc2ccc(OCCN3CCCC3)cc2)N=C1. The summed E-state index contributed by atoms with van der Waals surface area (Å²) in [5.41, 5.74) is 3.75. The maximum Gasteiger partial charge on any atom is 0.237 e. The van der Waals surface area contributed by atoms with Crippen LogP contribution < -0.4 is 15.4 Å². The fourth-order valence-electron chi connectivity index (χ4n) is 4.83. The van der Waals surface area contributed by atoms with E-state index in [1.54, 1.807) is 4.90 Å². The van der Waals surface area contributed by atoms with Gasteiger partial charge in [0.2, 0.25) is 5.91 Å². The van der Waals surface area contributed by atoms with Crippen LogP contribution in [0.5, 0.6) is 5.75 Å². The predicted molar refractivity (Wildman–Crippen MR) is 137 cm³/mol. The summed E-state index contributed by atoms with van der Waals surface area (Å²) >= 11 is 0. The number of allylic oxidation sites excluding steroid dienone is 1. The average molecular weight is 489 g/mol. The first kappa shape index (κ1) is 23.9. The summed E-state index contributed by atoms with van der Waals surface area (Å²) in [5, 5.41) is 15.6. The molecule has 0 aliphatic carbocycles. The minimum atomic E-state index is -0.346. The number of carbonyl (C=O) groups excluding carboxylic acids is 1. The number of nitrogens with one attached hydrogen (secondary N) is 2. The molecule has 1 unspecified atom stereocenters. The van der Waals surface area contributed by atoms with Gasteiger partial charge in [0.15, 0.2) is 12.0 Å². The number of anilines is 1. The van der Waals surface area contributed by atoms with Crippen LogP contribution in [-0.4, -0.2) is 61.0 Å². The lowest BCUT2D eigenvalue weighted by Crippen LogP contribution is -2.36. The van der Waals surface area contributed by atoms with Crippen molar-refractivity contribution in [2.24, 2.45) is 4.99 Å². The van der Waals surface area contributed by atoms with Gasteiger partial charge in [-0.05, 0) is 68.8 Å². The molecular formula is C27H32N6O3. The Bertz CT molecular complexity index is 1190. The number of nitrogens with zero attached hydrogens (tertiary/aromatic N) is 4. The molecule has 36 heavy (non-hydrogen) atoms. The van der Waals surface area contributed by atoms with Gasteiger partial charge in [0.05, 0.1) is 11.8 Å². The molecule has 0 bridgehead atoms. The lowest BCUT2D eigenvalue weighted by molar-refractivity contribution is -0.131. The van der Waals surface area contributed by atoms with E-state index in [2.05, 4.69) is 20.5 Å². The van der Waals surface area contributed by atoms with Gasteiger partial charge in [-0.2, -0.15) is 5.26 Å². The zero-order valence-corrected chi connectivity index (χ0v) is 20.6. The molecule has 1 aromatic carbocycles. The Kier molecular flexibility index (Phi) is 7.23. The molecule has 1 fully saturated rings. The highest BCUT2D eigenvalue weighted by atomic mass is 16.5. The first-order chi connectivity index (χ1) is 17.6. The van der Waals surface area contributed by atoms with Gasteiger partial charge in [-0.3, -0.25) is 9.69 Å². The van der Waals surface area contributed by atoms with Gasteiger partial charge in [-0.15, -0.1) is 0 Å². The van der Waals surface area contributed by atoms with E-state index >= 15 is 0 Å². The first-order valence-corrected chi connectivity index (χ1v) is 12.6. The molecule has 2 N–H and O–H groups in total. The van der Waals surface area contributed by atoms with Crippen molar-refractivity contribution in [2.75, 3.05) is 38.1 Å². The molecule has 3 aliphatic rings. The van der Waals surface area contributed by atoms with Gasteiger partial charge < -0.3 is 24.7 Å². The molecule has 1 amide bonds. The number of amides is 1. The molecule has 1 atom stereocenters. The summed E-state index contributed by atoms with van der Waals surface area (Å²) < 4.78 is 12.1. The molecule has 0 spiro atoms. The summed E-state index contributed by atoms with van der Waals surface area (Å²) in [4.78, 5) is 20.9. The van der Waals surface area contributed by atoms with Crippen LogP contribution in [0, 0.1) is 11.3 Å². The summed E-state index contributed by atoms with van der Waals surface area (Å²) in [5.74, 6) is 2.34. The summed E-state index contributed by atoms with van der Waals surface area (Å²) in [6.07, 6.45) is 4.62. The Morgan fingerprint density at radius 3 is 2.86 bits per heavy atom. The quantitative estimate of drug-likeness (QED) is 0.587. The minimum absolute atomic E-state index is 0.0959. The molecular weight excluding hydrogens is 456 g/mol. The van der Waals surface area contributed by atoms with Crippen LogP contribution in [0.15, 0.2) is 45.3 Å². The summed E-state index contributed by atoms with van der Waals surface area (Å²) in [6, 6.07) is 11.8. The molecule has 5 rings (SSSR count). The minimum Gasteiger partial charge on any atom is -0.492 e. The smallest absolute Gasteiger partial charge is 0.237 e. The maximum atomic E-state index is 12.1. The van der Waals surface area contributed by atoms with Crippen molar-refractivity contribution in [1.29, 1.82) is 5.26 Å². The average Bonchev–Trinajstić information content (AvgIpc) is 3.56. The number of carbonyl (C=O) groups is 1. The number of aliphatic imine (C=N–C) groups is 1. The van der Waals surface area contributed by atoms with E-state index in [0.717, 1.165) is 46.3 Å². The van der Waals surface area contributed by atoms with E-state index in [4.69, 9.17) is 14.4 Å². The Morgan fingerprint density at radius 1 is 1.28 bits per heavy atom. The zero-order valence-electron chi connectivity index (χ0n) is 20.6. The second kappa shape index (κ2) is 10.9. The Labute approximate surface area is 211 Å². The fraction of sp³-hybridized carbons (Fsp3) is 0.444. The van der Waals surface area contributed by atoms with E-state index in [9.17, 15) is 4.79 Å². The number of nitriles is 1. The monoisotopic (exact) mass is 488 g/mol. The van der Waals surface area contributed by atoms with Crippen LogP contribution in [0.1, 0.15) is 43.3 Å². The fourth-order valence-corrected chi connectivity index (χ4v) is 4.83. The molecule has 9 nitrogen and oxygen atoms in total. The van der Waals surface area contributed by atoms with Crippen molar-refractivity contribution in [3.8, 4) is 11.8 Å². The summed E-state index contributed by atoms with van der Waals surface area (Å²) in [7, 11) is 0. The highest BCUT2D eigenvalue weighted by molar-refractivity contribution is 5.91. The number of fused-ring (bicyclic) bond motifs is 1. The standard InChI is InChI=1S/C27H32N6O3/c1-19-17-29-27(30-21-4-6-22(7-5-21)35-15-14-32-11-2-3-12-32)31-26(19)24-16-20-18-33(25(34)8-10-28)13-9-23(20)36-24/h4-7,16-17,27,30-31H,2-3,8-9,11-15,18H2,1H3. The number of rotatable bonds is 8. The third-order valence-corrected chi connectivity index (χ3v) is 6.82. The van der Waals surface area contributed by atoms with Gasteiger partial charge >= 0.3 is 0 Å². The highest BCUT2D eigenvalue weighted by Gasteiger charge is 2.26. The topological polar surface area (TPSA) is 106 Å². The van der Waals surface area contributed by atoms with Crippen LogP contribution in [0.4, 0.5) is 5.69 Å². The molecule has 0 radical (unpaired) electrons. The van der Waals surface area contributed by atoms with E-state index in [1.807, 2.05) is 49.5 Å². The van der Waals surface area contributed by atoms with Crippen LogP contribution in [0.2, 0.25) is 0 Å². The van der Waals surface area contributed by atoms with Gasteiger partial charge in [-0.25, -0.2) is 4.99 Å². The van der Waals surface area contributed by atoms with Crippen LogP contribution >= 0.6 is 0 Å². The maximum absolute atomic E-state index is 12.1. The molecule has 2 aromatic rings. The van der Waals surface area contributed by atoms with Gasteiger partial charge in [0.25, 0.3) is 0 Å². The van der Waals surface area contributed by atoms with Crippen LogP contribution in [0.25, 0.3) is 5.70 Å². The Balaban J connectivity index is 1.17. The van der Waals surface area contributed by atoms with Crippen molar-refractivity contribution in [3.05, 3.63) is 53.0 Å². The largest absolute Gasteiger partial charge is 0.492 e. The number of likely N-dealkylation sites (tertiary alicyclic amines) is 1. The molecule has 3 aliphatic heterocycles. The second-order valence-electron chi connectivity index (χ2n) is 9.41. The Morgan fingerprint density at radius 2 is 2.08 bits per heavy atom. The van der Waals surface area contributed by atoms with Crippen molar-refractivity contribution in [2.45, 2.75) is 45.4 Å². The van der Waals surface area contributed by atoms with Gasteiger partial charge in [0.1, 0.15) is 24.5 Å². The first-order valence-electron chi connectivity index (χ1n) is 12.6. The van der Waals surface area contributed by atoms with Crippen molar-refractivity contribution in [1.82, 2.24) is 15.1 Å². The number of furan rings is 1. The van der Waals surface area contributed by atoms with Crippen molar-refractivity contribution >= 4 is 23.5 Å². The number of hydrogen-bond donors (Lipinski definition) is 2. The third-order valence-electron chi connectivity index (χ3n) is 6.82. The Hall–Kier alpha value is -3.77. The highest BCUT2D eigenvalue weighted by Crippen LogP contribution is 2.29. The van der Waals surface area contributed by atoms with E-state index in [0.29, 0.717) is 26.1 Å². The lowest BCUT2D eigenvalue weighted by atomic mass is 10.1. The zero-order chi connectivity index (χ0) is 24.9. The number of hydrogen-bond acceptors (Lipinski definition) is 8. The normalized spacial score (nSPS) is 19.6. The number of benzene rings is 1. The summed E-state index contributed by atoms with van der Waals surface area (Å²) in [6.45, 7) is 7.05. The molecule has 1 aromatic heterocycles. The van der Waals surface area contributed by atoms with Gasteiger partial charge in [0, 0.05) is 43.5 Å².